The van der Waals surface area contributed by atoms with Crippen LogP contribution >= 0.6 is 11.3 Å². The van der Waals surface area contributed by atoms with E-state index in [-0.39, 0.29) is 0 Å². The predicted molar refractivity (Wildman–Crippen MR) is 219 cm³/mol. The summed E-state index contributed by atoms with van der Waals surface area (Å²) in [6.45, 7) is 0. The van der Waals surface area contributed by atoms with Crippen LogP contribution < -0.4 is 0 Å². The Labute approximate surface area is 298 Å². The minimum absolute atomic E-state index is 1.18. The van der Waals surface area contributed by atoms with Gasteiger partial charge in [-0.05, 0) is 83.4 Å². The number of rotatable bonds is 4. The van der Waals surface area contributed by atoms with Crippen molar-refractivity contribution < 1.29 is 0 Å². The molecule has 0 fully saturated rings. The van der Waals surface area contributed by atoms with Crippen molar-refractivity contribution in [2.45, 2.75) is 0 Å². The van der Waals surface area contributed by atoms with Crippen LogP contribution in [-0.4, -0.2) is 9.13 Å². The van der Waals surface area contributed by atoms with E-state index in [1.165, 1.54) is 97.4 Å². The maximum atomic E-state index is 2.47. The summed E-state index contributed by atoms with van der Waals surface area (Å²) in [5.74, 6) is 0. The standard InChI is InChI=1S/C48H30N2S/c1-2-13-33(14-3-1)49-41-20-8-5-16-35(41)39-29-31(25-27-44(39)49)32-26-28-45-40(30-32)36-17-6-10-22-43(36)50(45)42-21-9-4-15-34(42)37-19-12-24-47-48(37)38-18-7-11-23-46(38)51-47/h1-30H. The second kappa shape index (κ2) is 11.0. The Bertz CT molecular complexity index is 3140. The molecule has 0 atom stereocenters. The van der Waals surface area contributed by atoms with Crippen molar-refractivity contribution in [1.82, 2.24) is 9.13 Å². The number of hydrogen-bond acceptors (Lipinski definition) is 1. The summed E-state index contributed by atoms with van der Waals surface area (Å²) in [7, 11) is 0. The van der Waals surface area contributed by atoms with Gasteiger partial charge in [-0.1, -0.05) is 115 Å². The molecule has 0 unspecified atom stereocenters. The lowest BCUT2D eigenvalue weighted by atomic mass is 9.97. The Balaban J connectivity index is 1.12. The molecule has 0 amide bonds. The van der Waals surface area contributed by atoms with Crippen molar-refractivity contribution in [2.24, 2.45) is 0 Å². The molecule has 3 heterocycles. The molecule has 0 aliphatic heterocycles. The first kappa shape index (κ1) is 28.4. The first-order valence-electron chi connectivity index (χ1n) is 17.4. The van der Waals surface area contributed by atoms with Crippen LogP contribution in [0.15, 0.2) is 182 Å². The van der Waals surface area contributed by atoms with Crippen LogP contribution in [0.5, 0.6) is 0 Å². The zero-order valence-electron chi connectivity index (χ0n) is 27.6. The fourth-order valence-corrected chi connectivity index (χ4v) is 9.45. The molecule has 238 valence electrons. The molecule has 0 spiro atoms. The minimum atomic E-state index is 1.18. The Morgan fingerprint density at radius 2 is 0.863 bits per heavy atom. The first-order valence-corrected chi connectivity index (χ1v) is 18.3. The molecule has 2 nitrogen and oxygen atoms in total. The van der Waals surface area contributed by atoms with Gasteiger partial charge < -0.3 is 9.13 Å². The average molecular weight is 667 g/mol. The molecular weight excluding hydrogens is 637 g/mol. The number of thiophene rings is 1. The van der Waals surface area contributed by atoms with E-state index in [0.717, 1.165) is 0 Å². The number of para-hydroxylation sites is 4. The number of nitrogens with zero attached hydrogens (tertiary/aromatic N) is 2. The van der Waals surface area contributed by atoms with Gasteiger partial charge in [0.15, 0.2) is 0 Å². The van der Waals surface area contributed by atoms with Crippen LogP contribution in [0.4, 0.5) is 0 Å². The zero-order valence-corrected chi connectivity index (χ0v) is 28.4. The maximum Gasteiger partial charge on any atom is 0.0541 e. The molecule has 11 rings (SSSR count). The summed E-state index contributed by atoms with van der Waals surface area (Å²) in [6, 6.07) is 66.6. The third-order valence-electron chi connectivity index (χ3n) is 10.5. The molecule has 3 heteroatoms. The molecule has 8 aromatic carbocycles. The van der Waals surface area contributed by atoms with E-state index < -0.39 is 0 Å². The van der Waals surface area contributed by atoms with Gasteiger partial charge in [0.05, 0.1) is 27.8 Å². The fourth-order valence-electron chi connectivity index (χ4n) is 8.32. The summed E-state index contributed by atoms with van der Waals surface area (Å²) < 4.78 is 7.49. The normalized spacial score (nSPS) is 11.9. The van der Waals surface area contributed by atoms with Gasteiger partial charge >= 0.3 is 0 Å². The first-order chi connectivity index (χ1) is 25.3. The quantitative estimate of drug-likeness (QED) is 0.177. The van der Waals surface area contributed by atoms with Crippen molar-refractivity contribution in [3.63, 3.8) is 0 Å². The lowest BCUT2D eigenvalue weighted by Crippen LogP contribution is -1.97. The molecule has 0 radical (unpaired) electrons. The number of benzene rings is 8. The average Bonchev–Trinajstić information content (AvgIpc) is 3.85. The molecular formula is C48H30N2S. The van der Waals surface area contributed by atoms with Gasteiger partial charge in [-0.25, -0.2) is 0 Å². The van der Waals surface area contributed by atoms with Crippen molar-refractivity contribution >= 4 is 75.1 Å². The Hall–Kier alpha value is -6.42. The Morgan fingerprint density at radius 3 is 1.61 bits per heavy atom. The van der Waals surface area contributed by atoms with E-state index in [4.69, 9.17) is 0 Å². The topological polar surface area (TPSA) is 9.86 Å². The largest absolute Gasteiger partial charge is 0.309 e. The van der Waals surface area contributed by atoms with Crippen LogP contribution in [0.2, 0.25) is 0 Å². The molecule has 0 aliphatic rings. The maximum absolute atomic E-state index is 2.47. The third kappa shape index (κ3) is 4.22. The molecule has 11 aromatic rings. The van der Waals surface area contributed by atoms with E-state index in [0.29, 0.717) is 0 Å². The number of fused-ring (bicyclic) bond motifs is 9. The van der Waals surface area contributed by atoms with Crippen LogP contribution in [-0.2, 0) is 0 Å². The highest BCUT2D eigenvalue weighted by molar-refractivity contribution is 7.25. The van der Waals surface area contributed by atoms with Gasteiger partial charge in [-0.2, -0.15) is 0 Å². The second-order valence-corrected chi connectivity index (χ2v) is 14.4. The van der Waals surface area contributed by atoms with Gasteiger partial charge in [0.25, 0.3) is 0 Å². The summed E-state index contributed by atoms with van der Waals surface area (Å²) in [4.78, 5) is 0. The molecule has 0 saturated carbocycles. The highest BCUT2D eigenvalue weighted by Crippen LogP contribution is 2.44. The molecule has 3 aromatic heterocycles. The number of hydrogen-bond donors (Lipinski definition) is 0. The van der Waals surface area contributed by atoms with Gasteiger partial charge in [0.1, 0.15) is 0 Å². The monoisotopic (exact) mass is 666 g/mol. The smallest absolute Gasteiger partial charge is 0.0541 e. The van der Waals surface area contributed by atoms with Crippen molar-refractivity contribution in [3.8, 4) is 33.6 Å². The van der Waals surface area contributed by atoms with E-state index in [1.807, 2.05) is 11.3 Å². The lowest BCUT2D eigenvalue weighted by Gasteiger charge is -2.15. The van der Waals surface area contributed by atoms with Crippen molar-refractivity contribution in [1.29, 1.82) is 0 Å². The van der Waals surface area contributed by atoms with Crippen LogP contribution in [0, 0.1) is 0 Å². The Kier molecular flexibility index (Phi) is 6.16. The van der Waals surface area contributed by atoms with E-state index in [9.17, 15) is 0 Å². The highest BCUT2D eigenvalue weighted by Gasteiger charge is 2.19. The summed E-state index contributed by atoms with van der Waals surface area (Å²) in [5, 5.41) is 7.68. The van der Waals surface area contributed by atoms with E-state index in [1.54, 1.807) is 0 Å². The third-order valence-corrected chi connectivity index (χ3v) is 11.7. The Morgan fingerprint density at radius 1 is 0.333 bits per heavy atom. The minimum Gasteiger partial charge on any atom is -0.309 e. The van der Waals surface area contributed by atoms with Crippen LogP contribution in [0.3, 0.4) is 0 Å². The van der Waals surface area contributed by atoms with Gasteiger partial charge in [-0.3, -0.25) is 0 Å². The van der Waals surface area contributed by atoms with Crippen LogP contribution in [0.1, 0.15) is 0 Å². The number of aromatic nitrogens is 2. The SMILES string of the molecule is c1ccc(-n2c3ccccc3c3cc(-c4ccc5c(c4)c4ccccc4n5-c4ccccc4-c4cccc5sc6ccccc6c45)ccc32)cc1. The lowest BCUT2D eigenvalue weighted by molar-refractivity contribution is 1.18. The predicted octanol–water partition coefficient (Wildman–Crippen LogP) is 13.6. The molecule has 51 heavy (non-hydrogen) atoms. The van der Waals surface area contributed by atoms with Gasteiger partial charge in [0.2, 0.25) is 0 Å². The fraction of sp³-hybridized carbons (Fsp3) is 0. The summed E-state index contributed by atoms with van der Waals surface area (Å²) >= 11 is 1.87. The summed E-state index contributed by atoms with van der Waals surface area (Å²) in [5.41, 5.74) is 12.2. The summed E-state index contributed by atoms with van der Waals surface area (Å²) in [6.07, 6.45) is 0. The van der Waals surface area contributed by atoms with Crippen molar-refractivity contribution in [3.05, 3.63) is 182 Å². The molecule has 0 bridgehead atoms. The zero-order chi connectivity index (χ0) is 33.5. The highest BCUT2D eigenvalue weighted by atomic mass is 32.1. The van der Waals surface area contributed by atoms with Crippen LogP contribution in [0.25, 0.3) is 97.4 Å². The van der Waals surface area contributed by atoms with Crippen molar-refractivity contribution in [2.75, 3.05) is 0 Å². The molecule has 0 N–H and O–H groups in total. The second-order valence-electron chi connectivity index (χ2n) is 13.3. The van der Waals surface area contributed by atoms with Gasteiger partial charge in [0, 0.05) is 53.0 Å². The van der Waals surface area contributed by atoms with E-state index in [2.05, 4.69) is 191 Å². The van der Waals surface area contributed by atoms with Gasteiger partial charge in [-0.15, -0.1) is 11.3 Å². The molecule has 0 aliphatic carbocycles. The molecule has 0 saturated heterocycles. The van der Waals surface area contributed by atoms with E-state index >= 15 is 0 Å².